The van der Waals surface area contributed by atoms with Crippen molar-refractivity contribution in [3.63, 3.8) is 0 Å². The molecule has 2 amide bonds. The third kappa shape index (κ3) is 10.5. The van der Waals surface area contributed by atoms with Crippen LogP contribution in [0.15, 0.2) is 101 Å². The third-order valence-electron chi connectivity index (χ3n) is 5.77. The van der Waals surface area contributed by atoms with E-state index < -0.39 is 6.03 Å². The van der Waals surface area contributed by atoms with Gasteiger partial charge in [-0.05, 0) is 57.3 Å². The number of rotatable bonds is 13. The molecule has 1 unspecified atom stereocenters. The first kappa shape index (κ1) is 31.9. The number of hydrogen-bond acceptors (Lipinski definition) is 6. The van der Waals surface area contributed by atoms with E-state index in [1.165, 1.54) is 22.6 Å². The fourth-order valence-electron chi connectivity index (χ4n) is 3.36. The molecule has 8 nitrogen and oxygen atoms in total. The number of nitrogens with two attached hydrogens (primary N) is 1. The van der Waals surface area contributed by atoms with Crippen molar-refractivity contribution in [2.24, 2.45) is 16.6 Å². The highest BCUT2D eigenvalue weighted by Crippen LogP contribution is 2.18. The number of carbonyl (C=O) groups is 2. The number of carbonyl (C=O) groups excluding carboxylic acids is 2. The summed E-state index contributed by atoms with van der Waals surface area (Å²) in [5, 5.41) is 8.88. The van der Waals surface area contributed by atoms with Gasteiger partial charge in [0.1, 0.15) is 12.2 Å². The van der Waals surface area contributed by atoms with E-state index in [4.69, 9.17) is 5.73 Å². The van der Waals surface area contributed by atoms with E-state index >= 15 is 0 Å². The zero-order valence-corrected chi connectivity index (χ0v) is 23.1. The molecule has 0 radical (unpaired) electrons. The van der Waals surface area contributed by atoms with Crippen LogP contribution in [0.4, 0.5) is 9.18 Å². The molecule has 0 spiro atoms. The van der Waals surface area contributed by atoms with Crippen molar-refractivity contribution in [3.8, 4) is 0 Å². The van der Waals surface area contributed by atoms with Crippen molar-refractivity contribution in [2.75, 3.05) is 13.2 Å². The molecule has 38 heavy (non-hydrogen) atoms. The Kier molecular flexibility index (Phi) is 13.9. The number of nitrogens with one attached hydrogen (secondary N) is 3. The predicted octanol–water partition coefficient (Wildman–Crippen LogP) is 5.22. The van der Waals surface area contributed by atoms with Gasteiger partial charge in [-0.25, -0.2) is 14.1 Å². The number of nitrogens with zero attached hydrogens (tertiary/aromatic N) is 2. The van der Waals surface area contributed by atoms with Crippen molar-refractivity contribution in [1.29, 1.82) is 0 Å². The van der Waals surface area contributed by atoms with Crippen LogP contribution in [0.5, 0.6) is 0 Å². The molecular formula is C29H41FN6O2. The molecule has 0 aromatic carbocycles. The number of ketones is 1. The summed E-state index contributed by atoms with van der Waals surface area (Å²) in [7, 11) is 0. The summed E-state index contributed by atoms with van der Waals surface area (Å²) in [6.45, 7) is 17.7. The highest BCUT2D eigenvalue weighted by atomic mass is 19.1. The summed E-state index contributed by atoms with van der Waals surface area (Å²) in [4.78, 5) is 31.0. The molecule has 9 heteroatoms. The smallest absolute Gasteiger partial charge is 0.327 e. The number of amides is 2. The maximum atomic E-state index is 13.3. The second-order valence-corrected chi connectivity index (χ2v) is 8.78. The summed E-state index contributed by atoms with van der Waals surface area (Å²) in [5.74, 6) is 0.134. The Morgan fingerprint density at radius 1 is 1.32 bits per heavy atom. The van der Waals surface area contributed by atoms with Crippen LogP contribution in [0.25, 0.3) is 0 Å². The van der Waals surface area contributed by atoms with Gasteiger partial charge in [-0.2, -0.15) is 0 Å². The zero-order chi connectivity index (χ0) is 28.7. The Balaban J connectivity index is 3.14. The summed E-state index contributed by atoms with van der Waals surface area (Å²) >= 11 is 0. The lowest BCUT2D eigenvalue weighted by molar-refractivity contribution is -0.111. The number of aliphatic imine (C=N–C) groups is 1. The topological polar surface area (TPSA) is 112 Å². The van der Waals surface area contributed by atoms with Crippen molar-refractivity contribution in [3.05, 3.63) is 96.2 Å². The van der Waals surface area contributed by atoms with Gasteiger partial charge in [0, 0.05) is 17.5 Å². The van der Waals surface area contributed by atoms with E-state index in [0.717, 1.165) is 18.2 Å². The van der Waals surface area contributed by atoms with E-state index in [1.54, 1.807) is 6.08 Å². The minimum Gasteiger partial charge on any atom is -0.402 e. The first-order valence-corrected chi connectivity index (χ1v) is 12.5. The fraction of sp³-hybridized carbons (Fsp3) is 0.345. The van der Waals surface area contributed by atoms with Gasteiger partial charge in [0.2, 0.25) is 5.78 Å². The Morgan fingerprint density at radius 3 is 2.63 bits per heavy atom. The minimum atomic E-state index is -0.482. The zero-order valence-electron chi connectivity index (χ0n) is 23.1. The van der Waals surface area contributed by atoms with Crippen LogP contribution in [0.3, 0.4) is 0 Å². The Hall–Kier alpha value is -4.14. The van der Waals surface area contributed by atoms with Crippen molar-refractivity contribution >= 4 is 17.5 Å². The molecular weight excluding hydrogens is 483 g/mol. The van der Waals surface area contributed by atoms with Gasteiger partial charge in [0.25, 0.3) is 0 Å². The van der Waals surface area contributed by atoms with Gasteiger partial charge in [-0.15, -0.1) is 0 Å². The van der Waals surface area contributed by atoms with Gasteiger partial charge < -0.3 is 21.7 Å². The molecule has 0 aromatic heterocycles. The molecule has 0 saturated heterocycles. The van der Waals surface area contributed by atoms with Crippen LogP contribution in [-0.4, -0.2) is 35.6 Å². The Labute approximate surface area is 226 Å². The molecule has 0 saturated carbocycles. The highest BCUT2D eigenvalue weighted by Gasteiger charge is 2.21. The first-order valence-electron chi connectivity index (χ1n) is 12.5. The first-order chi connectivity index (χ1) is 18.1. The molecule has 0 aliphatic heterocycles. The van der Waals surface area contributed by atoms with E-state index in [-0.39, 0.29) is 30.7 Å². The minimum absolute atomic E-state index is 0.0244. The molecule has 0 aromatic rings. The monoisotopic (exact) mass is 524 g/mol. The maximum absolute atomic E-state index is 13.3. The number of urea groups is 1. The van der Waals surface area contributed by atoms with Gasteiger partial charge in [0.05, 0.1) is 30.8 Å². The lowest BCUT2D eigenvalue weighted by Gasteiger charge is -2.27. The summed E-state index contributed by atoms with van der Waals surface area (Å²) in [5.41, 5.74) is 10.0. The van der Waals surface area contributed by atoms with Gasteiger partial charge in [0.15, 0.2) is 0 Å². The molecule has 1 aliphatic carbocycles. The maximum Gasteiger partial charge on any atom is 0.327 e. The largest absolute Gasteiger partial charge is 0.402 e. The molecule has 0 bridgehead atoms. The van der Waals surface area contributed by atoms with E-state index in [9.17, 15) is 14.0 Å². The molecule has 1 aliphatic rings. The Morgan fingerprint density at radius 2 is 2.03 bits per heavy atom. The average Bonchev–Trinajstić information content (AvgIpc) is 3.00. The lowest BCUT2D eigenvalue weighted by atomic mass is 10.1. The molecule has 5 N–H and O–H groups in total. The summed E-state index contributed by atoms with van der Waals surface area (Å²) in [6, 6.07) is -0.482. The fourth-order valence-corrected chi connectivity index (χ4v) is 3.36. The van der Waals surface area contributed by atoms with Crippen LogP contribution >= 0.6 is 0 Å². The lowest BCUT2D eigenvalue weighted by Crippen LogP contribution is -2.45. The quantitative estimate of drug-likeness (QED) is 0.150. The van der Waals surface area contributed by atoms with E-state index in [0.29, 0.717) is 35.6 Å². The standard InChI is InChI=1S/C29H41FN6O2/c1-8-20(4)15-21(5)16-25(10-3)36(29(38)33-18-24(9-2)32-14-13-30)23(7)34-19-35-27-12-11-22(6)26(31)17-28(27)37/h9-10,12-17,22,34-35H,2,7-8,11,18-19,31H2,1,3-6H3,(H,33,38)/b14-13+,20-15+,21-16-,25-10+,32-24?. The number of halogens is 1. The van der Waals surface area contributed by atoms with Gasteiger partial charge >= 0.3 is 6.03 Å². The van der Waals surface area contributed by atoms with Crippen LogP contribution in [0.2, 0.25) is 0 Å². The number of hydrogen-bond donors (Lipinski definition) is 4. The molecule has 0 fully saturated rings. The van der Waals surface area contributed by atoms with Gasteiger partial charge in [-0.3, -0.25) is 9.79 Å². The molecule has 0 heterocycles. The Bertz CT molecular complexity index is 1110. The third-order valence-corrected chi connectivity index (χ3v) is 5.77. The normalized spacial score (nSPS) is 17.4. The van der Waals surface area contributed by atoms with Crippen LogP contribution in [0, 0.1) is 5.92 Å². The van der Waals surface area contributed by atoms with Crippen LogP contribution < -0.4 is 21.7 Å². The van der Waals surface area contributed by atoms with Gasteiger partial charge in [-0.1, -0.05) is 50.8 Å². The van der Waals surface area contributed by atoms with Crippen LogP contribution in [0.1, 0.15) is 47.5 Å². The average molecular weight is 525 g/mol. The van der Waals surface area contributed by atoms with Crippen molar-refractivity contribution in [1.82, 2.24) is 20.9 Å². The number of allylic oxidation sites excluding steroid dienone is 8. The van der Waals surface area contributed by atoms with Crippen molar-refractivity contribution in [2.45, 2.75) is 47.5 Å². The molecule has 1 atom stereocenters. The summed E-state index contributed by atoms with van der Waals surface area (Å²) in [6.07, 6.45) is 13.2. The van der Waals surface area contributed by atoms with Crippen molar-refractivity contribution < 1.29 is 14.0 Å². The molecule has 1 rings (SSSR count). The predicted molar refractivity (Wildman–Crippen MR) is 154 cm³/mol. The molecule has 206 valence electrons. The SMILES string of the molecule is C=CC(CNC(=O)N(C(=C)NCNC1=CCC(C)C(N)=CC1=O)C(/C=C(C)\C=C(/C)CC)=C/C)=N/C=C/F. The second kappa shape index (κ2) is 16.6. The van der Waals surface area contributed by atoms with E-state index in [2.05, 4.69) is 41.0 Å². The van der Waals surface area contributed by atoms with Crippen LogP contribution in [-0.2, 0) is 4.79 Å². The second-order valence-electron chi connectivity index (χ2n) is 8.78. The van der Waals surface area contributed by atoms with E-state index in [1.807, 2.05) is 45.9 Å². The summed E-state index contributed by atoms with van der Waals surface area (Å²) < 4.78 is 12.4. The highest BCUT2D eigenvalue weighted by molar-refractivity contribution is 6.04.